The van der Waals surface area contributed by atoms with Gasteiger partial charge in [-0.05, 0) is 36.2 Å². The molecule has 2 aromatic carbocycles. The highest BCUT2D eigenvalue weighted by Gasteiger charge is 2.18. The molecular formula is C18H22N2O. The molecule has 0 aliphatic rings. The van der Waals surface area contributed by atoms with E-state index in [4.69, 9.17) is 0 Å². The van der Waals surface area contributed by atoms with Gasteiger partial charge in [-0.1, -0.05) is 37.3 Å². The molecule has 1 amide bonds. The average Bonchev–Trinajstić information content (AvgIpc) is 2.49. The van der Waals surface area contributed by atoms with Crippen LogP contribution in [0, 0.1) is 0 Å². The summed E-state index contributed by atoms with van der Waals surface area (Å²) in [5.41, 5.74) is 3.01. The van der Waals surface area contributed by atoms with Gasteiger partial charge in [0.2, 0.25) is 5.91 Å². The summed E-state index contributed by atoms with van der Waals surface area (Å²) in [7, 11) is 3.99. The van der Waals surface area contributed by atoms with Gasteiger partial charge in [-0.2, -0.15) is 0 Å². The Morgan fingerprint density at radius 3 is 2.19 bits per heavy atom. The highest BCUT2D eigenvalue weighted by molar-refractivity contribution is 5.95. The van der Waals surface area contributed by atoms with Crippen molar-refractivity contribution in [2.45, 2.75) is 19.3 Å². The van der Waals surface area contributed by atoms with Crippen molar-refractivity contribution in [3.05, 3.63) is 60.2 Å². The van der Waals surface area contributed by atoms with Gasteiger partial charge in [0.05, 0.1) is 5.92 Å². The van der Waals surface area contributed by atoms with Crippen LogP contribution >= 0.6 is 0 Å². The number of anilines is 2. The molecule has 1 unspecified atom stereocenters. The molecule has 1 atom stereocenters. The molecule has 0 radical (unpaired) electrons. The van der Waals surface area contributed by atoms with E-state index in [1.165, 1.54) is 0 Å². The lowest BCUT2D eigenvalue weighted by molar-refractivity contribution is -0.117. The largest absolute Gasteiger partial charge is 0.378 e. The third kappa shape index (κ3) is 3.85. The SMILES string of the molecule is CCC(C(=O)Nc1ccc(N(C)C)cc1)c1ccccc1. The molecule has 0 heterocycles. The molecule has 0 fully saturated rings. The fraction of sp³-hybridized carbons (Fsp3) is 0.278. The Morgan fingerprint density at radius 1 is 1.05 bits per heavy atom. The summed E-state index contributed by atoms with van der Waals surface area (Å²) >= 11 is 0. The topological polar surface area (TPSA) is 32.3 Å². The third-order valence-corrected chi connectivity index (χ3v) is 3.58. The maximum absolute atomic E-state index is 12.4. The molecule has 1 N–H and O–H groups in total. The van der Waals surface area contributed by atoms with E-state index in [-0.39, 0.29) is 11.8 Å². The molecule has 3 heteroatoms. The first-order valence-electron chi connectivity index (χ1n) is 7.25. The van der Waals surface area contributed by atoms with E-state index in [0.29, 0.717) is 0 Å². The molecule has 0 aromatic heterocycles. The minimum absolute atomic E-state index is 0.0429. The van der Waals surface area contributed by atoms with Gasteiger partial charge < -0.3 is 10.2 Å². The Hall–Kier alpha value is -2.29. The maximum Gasteiger partial charge on any atom is 0.231 e. The van der Waals surface area contributed by atoms with Crippen molar-refractivity contribution in [2.24, 2.45) is 0 Å². The second-order valence-electron chi connectivity index (χ2n) is 5.30. The van der Waals surface area contributed by atoms with E-state index in [1.54, 1.807) is 0 Å². The van der Waals surface area contributed by atoms with Crippen LogP contribution < -0.4 is 10.2 Å². The summed E-state index contributed by atoms with van der Waals surface area (Å²) < 4.78 is 0. The van der Waals surface area contributed by atoms with Crippen molar-refractivity contribution in [1.29, 1.82) is 0 Å². The molecule has 0 aliphatic heterocycles. The average molecular weight is 282 g/mol. The lowest BCUT2D eigenvalue weighted by atomic mass is 9.95. The lowest BCUT2D eigenvalue weighted by Gasteiger charge is -2.16. The Bertz CT molecular complexity index is 576. The zero-order valence-electron chi connectivity index (χ0n) is 12.8. The van der Waals surface area contributed by atoms with Gasteiger partial charge in [0.1, 0.15) is 0 Å². The number of rotatable bonds is 5. The second-order valence-corrected chi connectivity index (χ2v) is 5.30. The molecule has 0 saturated heterocycles. The summed E-state index contributed by atoms with van der Waals surface area (Å²) in [6, 6.07) is 17.8. The Labute approximate surface area is 126 Å². The van der Waals surface area contributed by atoms with Crippen LogP contribution in [0.5, 0.6) is 0 Å². The van der Waals surface area contributed by atoms with Crippen LogP contribution in [-0.2, 0) is 4.79 Å². The third-order valence-electron chi connectivity index (χ3n) is 3.58. The Balaban J connectivity index is 2.09. The summed E-state index contributed by atoms with van der Waals surface area (Å²) in [5, 5.41) is 3.00. The van der Waals surface area contributed by atoms with E-state index in [9.17, 15) is 4.79 Å². The van der Waals surface area contributed by atoms with E-state index in [1.807, 2.05) is 80.5 Å². The number of hydrogen-bond acceptors (Lipinski definition) is 2. The molecule has 2 rings (SSSR count). The zero-order chi connectivity index (χ0) is 15.2. The van der Waals surface area contributed by atoms with Gasteiger partial charge in [-0.3, -0.25) is 4.79 Å². The minimum atomic E-state index is -0.111. The number of carbonyl (C=O) groups excluding carboxylic acids is 1. The van der Waals surface area contributed by atoms with Crippen molar-refractivity contribution >= 4 is 17.3 Å². The predicted octanol–water partition coefficient (Wildman–Crippen LogP) is 3.88. The van der Waals surface area contributed by atoms with Crippen molar-refractivity contribution < 1.29 is 4.79 Å². The normalized spacial score (nSPS) is 11.8. The zero-order valence-corrected chi connectivity index (χ0v) is 12.8. The molecule has 0 bridgehead atoms. The first-order chi connectivity index (χ1) is 10.1. The van der Waals surface area contributed by atoms with Crippen LogP contribution in [0.15, 0.2) is 54.6 Å². The van der Waals surface area contributed by atoms with E-state index >= 15 is 0 Å². The van der Waals surface area contributed by atoms with Crippen molar-refractivity contribution in [3.8, 4) is 0 Å². The van der Waals surface area contributed by atoms with E-state index in [2.05, 4.69) is 5.32 Å². The highest BCUT2D eigenvalue weighted by atomic mass is 16.1. The van der Waals surface area contributed by atoms with Crippen molar-refractivity contribution in [2.75, 3.05) is 24.3 Å². The van der Waals surface area contributed by atoms with Crippen molar-refractivity contribution in [1.82, 2.24) is 0 Å². The van der Waals surface area contributed by atoms with Gasteiger partial charge in [0.15, 0.2) is 0 Å². The molecule has 21 heavy (non-hydrogen) atoms. The fourth-order valence-electron chi connectivity index (χ4n) is 2.33. The molecule has 0 spiro atoms. The highest BCUT2D eigenvalue weighted by Crippen LogP contribution is 2.22. The smallest absolute Gasteiger partial charge is 0.231 e. The summed E-state index contributed by atoms with van der Waals surface area (Å²) in [6.45, 7) is 2.03. The molecule has 0 aliphatic carbocycles. The van der Waals surface area contributed by atoms with E-state index in [0.717, 1.165) is 23.4 Å². The number of nitrogens with zero attached hydrogens (tertiary/aromatic N) is 1. The molecule has 3 nitrogen and oxygen atoms in total. The van der Waals surface area contributed by atoms with Crippen molar-refractivity contribution in [3.63, 3.8) is 0 Å². The van der Waals surface area contributed by atoms with Crippen LogP contribution in [-0.4, -0.2) is 20.0 Å². The standard InChI is InChI=1S/C18H22N2O/c1-4-17(14-8-6-5-7-9-14)18(21)19-15-10-12-16(13-11-15)20(2)3/h5-13,17H,4H2,1-3H3,(H,19,21). The first kappa shape index (κ1) is 15.1. The Morgan fingerprint density at radius 2 is 1.67 bits per heavy atom. The van der Waals surface area contributed by atoms with Gasteiger partial charge >= 0.3 is 0 Å². The van der Waals surface area contributed by atoms with Gasteiger partial charge in [0.25, 0.3) is 0 Å². The maximum atomic E-state index is 12.4. The quantitative estimate of drug-likeness (QED) is 0.902. The first-order valence-corrected chi connectivity index (χ1v) is 7.25. The number of carbonyl (C=O) groups is 1. The van der Waals surface area contributed by atoms with Crippen LogP contribution in [0.2, 0.25) is 0 Å². The summed E-state index contributed by atoms with van der Waals surface area (Å²) in [4.78, 5) is 14.5. The number of benzene rings is 2. The van der Waals surface area contributed by atoms with E-state index < -0.39 is 0 Å². The number of hydrogen-bond donors (Lipinski definition) is 1. The van der Waals surface area contributed by atoms with Crippen LogP contribution in [0.25, 0.3) is 0 Å². The minimum Gasteiger partial charge on any atom is -0.378 e. The Kier molecular flexibility index (Phi) is 4.99. The molecule has 110 valence electrons. The molecular weight excluding hydrogens is 260 g/mol. The lowest BCUT2D eigenvalue weighted by Crippen LogP contribution is -2.20. The number of amides is 1. The fourth-order valence-corrected chi connectivity index (χ4v) is 2.33. The molecule has 0 saturated carbocycles. The van der Waals surface area contributed by atoms with Crippen LogP contribution in [0.1, 0.15) is 24.8 Å². The van der Waals surface area contributed by atoms with Gasteiger partial charge in [-0.25, -0.2) is 0 Å². The predicted molar refractivity (Wildman–Crippen MR) is 88.9 cm³/mol. The second kappa shape index (κ2) is 6.93. The molecule has 2 aromatic rings. The van der Waals surface area contributed by atoms with Gasteiger partial charge in [0, 0.05) is 25.5 Å². The summed E-state index contributed by atoms with van der Waals surface area (Å²) in [5.74, 6) is -0.0685. The number of nitrogens with one attached hydrogen (secondary N) is 1. The summed E-state index contributed by atoms with van der Waals surface area (Å²) in [6.07, 6.45) is 0.783. The van der Waals surface area contributed by atoms with Gasteiger partial charge in [-0.15, -0.1) is 0 Å². The van der Waals surface area contributed by atoms with Crippen LogP contribution in [0.4, 0.5) is 11.4 Å². The monoisotopic (exact) mass is 282 g/mol. The van der Waals surface area contributed by atoms with Crippen LogP contribution in [0.3, 0.4) is 0 Å².